The minimum absolute atomic E-state index is 0.151. The van der Waals surface area contributed by atoms with Crippen molar-refractivity contribution in [2.75, 3.05) is 7.11 Å². The number of thiocarbonyl (C=S) groups is 1. The Morgan fingerprint density at radius 3 is 2.22 bits per heavy atom. The van der Waals surface area contributed by atoms with Gasteiger partial charge >= 0.3 is 0 Å². The average molecular weight is 289 g/mol. The van der Waals surface area contributed by atoms with E-state index in [-0.39, 0.29) is 10.0 Å². The van der Waals surface area contributed by atoms with Crippen LogP contribution in [0.1, 0.15) is 11.1 Å². The first-order chi connectivity index (χ1) is 8.27. The van der Waals surface area contributed by atoms with Crippen LogP contribution in [0.15, 0.2) is 17.0 Å². The van der Waals surface area contributed by atoms with Crippen molar-refractivity contribution in [3.05, 3.63) is 23.3 Å². The fourth-order valence-corrected chi connectivity index (χ4v) is 3.05. The normalized spacial score (nSPS) is 11.1. The monoisotopic (exact) mass is 289 g/mol. The van der Waals surface area contributed by atoms with E-state index in [1.807, 2.05) is 0 Å². The number of benzene rings is 1. The maximum Gasteiger partial charge on any atom is 0.257 e. The highest BCUT2D eigenvalue weighted by Crippen LogP contribution is 2.25. The quantitative estimate of drug-likeness (QED) is 0.546. The number of nitrogens with one attached hydrogen (secondary N) is 2. The topological polar surface area (TPSA) is 93.5 Å². The van der Waals surface area contributed by atoms with Crippen molar-refractivity contribution >= 4 is 27.4 Å². The molecule has 1 aromatic rings. The zero-order valence-corrected chi connectivity index (χ0v) is 11.9. The van der Waals surface area contributed by atoms with Gasteiger partial charge < -0.3 is 10.5 Å². The van der Waals surface area contributed by atoms with Gasteiger partial charge in [-0.3, -0.25) is 5.43 Å². The molecule has 0 aliphatic heterocycles. The van der Waals surface area contributed by atoms with E-state index in [0.29, 0.717) is 16.9 Å². The molecule has 8 heteroatoms. The van der Waals surface area contributed by atoms with Gasteiger partial charge in [-0.1, -0.05) is 0 Å². The molecule has 1 aromatic carbocycles. The van der Waals surface area contributed by atoms with Crippen molar-refractivity contribution < 1.29 is 13.2 Å². The molecule has 0 heterocycles. The van der Waals surface area contributed by atoms with Crippen LogP contribution in [0, 0.1) is 13.8 Å². The molecule has 0 aliphatic rings. The first-order valence-electron chi connectivity index (χ1n) is 5.00. The van der Waals surface area contributed by atoms with Crippen LogP contribution in [-0.2, 0) is 10.0 Å². The van der Waals surface area contributed by atoms with Crippen molar-refractivity contribution in [2.24, 2.45) is 5.73 Å². The molecule has 0 aromatic heterocycles. The van der Waals surface area contributed by atoms with Gasteiger partial charge in [0.05, 0.1) is 12.0 Å². The molecule has 0 spiro atoms. The number of nitrogens with two attached hydrogens (primary N) is 1. The van der Waals surface area contributed by atoms with E-state index < -0.39 is 10.0 Å². The zero-order valence-electron chi connectivity index (χ0n) is 10.3. The van der Waals surface area contributed by atoms with Crippen LogP contribution in [0.3, 0.4) is 0 Å². The second-order valence-electron chi connectivity index (χ2n) is 3.69. The van der Waals surface area contributed by atoms with E-state index in [1.165, 1.54) is 7.11 Å². The minimum Gasteiger partial charge on any atom is -0.497 e. The van der Waals surface area contributed by atoms with Gasteiger partial charge in [-0.25, -0.2) is 8.42 Å². The largest absolute Gasteiger partial charge is 0.497 e. The molecular weight excluding hydrogens is 274 g/mol. The maximum atomic E-state index is 12.0. The summed E-state index contributed by atoms with van der Waals surface area (Å²) in [5.41, 5.74) is 8.53. The fourth-order valence-electron chi connectivity index (χ4n) is 1.62. The number of ether oxygens (including phenoxy) is 1. The Balaban J connectivity index is 3.20. The highest BCUT2D eigenvalue weighted by Gasteiger charge is 2.20. The number of hydrogen-bond donors (Lipinski definition) is 3. The van der Waals surface area contributed by atoms with E-state index in [1.54, 1.807) is 26.0 Å². The Kier molecular flexibility index (Phi) is 4.49. The molecule has 100 valence electrons. The third-order valence-electron chi connectivity index (χ3n) is 2.25. The van der Waals surface area contributed by atoms with Crippen molar-refractivity contribution in [3.8, 4) is 5.75 Å². The van der Waals surface area contributed by atoms with Crippen LogP contribution in [-0.4, -0.2) is 20.6 Å². The van der Waals surface area contributed by atoms with Crippen molar-refractivity contribution in [2.45, 2.75) is 18.7 Å². The molecule has 0 saturated carbocycles. The van der Waals surface area contributed by atoms with E-state index >= 15 is 0 Å². The van der Waals surface area contributed by atoms with Crippen LogP contribution in [0.4, 0.5) is 0 Å². The second-order valence-corrected chi connectivity index (χ2v) is 5.74. The molecule has 1 rings (SSSR count). The number of rotatable bonds is 4. The van der Waals surface area contributed by atoms with Crippen molar-refractivity contribution in [1.82, 2.24) is 10.3 Å². The number of sulfonamides is 1. The Morgan fingerprint density at radius 1 is 1.33 bits per heavy atom. The molecule has 0 unspecified atom stereocenters. The van der Waals surface area contributed by atoms with Crippen molar-refractivity contribution in [1.29, 1.82) is 0 Å². The minimum atomic E-state index is -3.73. The Labute approximate surface area is 112 Å². The van der Waals surface area contributed by atoms with Gasteiger partial charge in [0, 0.05) is 0 Å². The number of aryl methyl sites for hydroxylation is 2. The summed E-state index contributed by atoms with van der Waals surface area (Å²) in [6.07, 6.45) is 0. The van der Waals surface area contributed by atoms with Gasteiger partial charge in [0.2, 0.25) is 0 Å². The molecule has 18 heavy (non-hydrogen) atoms. The molecule has 6 nitrogen and oxygen atoms in total. The van der Waals surface area contributed by atoms with Gasteiger partial charge in [0.25, 0.3) is 10.0 Å². The molecule has 0 atom stereocenters. The number of hydrogen-bond acceptors (Lipinski definition) is 4. The molecule has 0 radical (unpaired) electrons. The summed E-state index contributed by atoms with van der Waals surface area (Å²) in [4.78, 5) is 2.28. The van der Waals surface area contributed by atoms with Crippen LogP contribution in [0.25, 0.3) is 0 Å². The predicted octanol–water partition coefficient (Wildman–Crippen LogP) is 0.339. The molecule has 0 amide bonds. The number of methoxy groups -OCH3 is 1. The summed E-state index contributed by atoms with van der Waals surface area (Å²) >= 11 is 4.54. The molecule has 0 bridgehead atoms. The van der Waals surface area contributed by atoms with Crippen LogP contribution in [0.2, 0.25) is 0 Å². The van der Waals surface area contributed by atoms with E-state index in [0.717, 1.165) is 0 Å². The Hall–Kier alpha value is -1.38. The standard InChI is InChI=1S/C10H15N3O3S2/c1-6-4-8(16-3)5-7(2)9(6)18(14,15)13-12-10(11)17/h4-5,13H,1-3H3,(H3,11,12,17). The lowest BCUT2D eigenvalue weighted by Gasteiger charge is -2.14. The summed E-state index contributed by atoms with van der Waals surface area (Å²) in [6, 6.07) is 3.28. The van der Waals surface area contributed by atoms with Crippen molar-refractivity contribution in [3.63, 3.8) is 0 Å². The van der Waals surface area contributed by atoms with Gasteiger partial charge in [-0.15, -0.1) is 4.83 Å². The lowest BCUT2D eigenvalue weighted by atomic mass is 10.1. The van der Waals surface area contributed by atoms with Gasteiger partial charge in [0.15, 0.2) is 5.11 Å². The Morgan fingerprint density at radius 2 is 1.83 bits per heavy atom. The summed E-state index contributed by atoms with van der Waals surface area (Å²) in [6.45, 7) is 3.37. The molecule has 0 aliphatic carbocycles. The van der Waals surface area contributed by atoms with Gasteiger partial charge in [0.1, 0.15) is 5.75 Å². The van der Waals surface area contributed by atoms with Gasteiger partial charge in [-0.05, 0) is 49.3 Å². The maximum absolute atomic E-state index is 12.0. The van der Waals surface area contributed by atoms with Crippen LogP contribution < -0.4 is 20.7 Å². The smallest absolute Gasteiger partial charge is 0.257 e. The van der Waals surface area contributed by atoms with Crippen LogP contribution in [0.5, 0.6) is 5.75 Å². The average Bonchev–Trinajstić information content (AvgIpc) is 2.25. The predicted molar refractivity (Wildman–Crippen MR) is 72.7 cm³/mol. The van der Waals surface area contributed by atoms with E-state index in [4.69, 9.17) is 10.5 Å². The summed E-state index contributed by atoms with van der Waals surface area (Å²) in [5.74, 6) is 0.603. The second kappa shape index (κ2) is 5.51. The summed E-state index contributed by atoms with van der Waals surface area (Å²) < 4.78 is 29.2. The molecular formula is C10H15N3O3S2. The van der Waals surface area contributed by atoms with E-state index in [2.05, 4.69) is 22.5 Å². The third-order valence-corrected chi connectivity index (χ3v) is 3.90. The highest BCUT2D eigenvalue weighted by atomic mass is 32.2. The zero-order chi connectivity index (χ0) is 13.9. The highest BCUT2D eigenvalue weighted by molar-refractivity contribution is 7.89. The summed E-state index contributed by atoms with van der Waals surface area (Å²) in [7, 11) is -2.20. The van der Waals surface area contributed by atoms with Gasteiger partial charge in [-0.2, -0.15) is 0 Å². The van der Waals surface area contributed by atoms with E-state index in [9.17, 15) is 8.42 Å². The molecule has 4 N–H and O–H groups in total. The third kappa shape index (κ3) is 3.31. The Bertz CT molecular complexity index is 547. The lowest BCUT2D eigenvalue weighted by molar-refractivity contribution is 0.413. The number of hydrazine groups is 1. The molecule has 0 fully saturated rings. The first-order valence-corrected chi connectivity index (χ1v) is 6.89. The summed E-state index contributed by atoms with van der Waals surface area (Å²) in [5, 5.41) is -0.151. The first kappa shape index (κ1) is 14.7. The SMILES string of the molecule is COc1cc(C)c(S(=O)(=O)NNC(N)=S)c(C)c1. The molecule has 0 saturated heterocycles. The lowest BCUT2D eigenvalue weighted by Crippen LogP contribution is -2.44. The van der Waals surface area contributed by atoms with Crippen LogP contribution >= 0.6 is 12.2 Å². The fraction of sp³-hybridized carbons (Fsp3) is 0.300.